The van der Waals surface area contributed by atoms with E-state index in [2.05, 4.69) is 0 Å². The average Bonchev–Trinajstić information content (AvgIpc) is 3.41. The zero-order chi connectivity index (χ0) is 40.0. The van der Waals surface area contributed by atoms with Crippen molar-refractivity contribution in [1.82, 2.24) is 0 Å². The highest BCUT2D eigenvalue weighted by Crippen LogP contribution is 2.72. The summed E-state index contributed by atoms with van der Waals surface area (Å²) in [6.07, 6.45) is -14.1. The van der Waals surface area contributed by atoms with Crippen LogP contribution in [0.15, 0.2) is 11.8 Å². The summed E-state index contributed by atoms with van der Waals surface area (Å²) >= 11 is 0. The number of ether oxygens (including phenoxy) is 7. The number of carbonyl (C=O) groups excluding carboxylic acids is 5. The van der Waals surface area contributed by atoms with Crippen molar-refractivity contribution >= 4 is 29.7 Å². The molecule has 5 fully saturated rings. The Morgan fingerprint density at radius 3 is 2.31 bits per heavy atom. The van der Waals surface area contributed by atoms with Gasteiger partial charge in [0.05, 0.1) is 38.8 Å². The minimum absolute atomic E-state index is 0.00365. The molecule has 0 unspecified atom stereocenters. The van der Waals surface area contributed by atoms with Crippen molar-refractivity contribution in [3.8, 4) is 0 Å². The van der Waals surface area contributed by atoms with Gasteiger partial charge in [-0.05, 0) is 37.7 Å². The lowest BCUT2D eigenvalue weighted by Gasteiger charge is -2.67. The van der Waals surface area contributed by atoms with Gasteiger partial charge in [0.1, 0.15) is 42.2 Å². The zero-order valence-electron chi connectivity index (χ0n) is 31.1. The molecule has 54 heavy (non-hydrogen) atoms. The van der Waals surface area contributed by atoms with E-state index >= 15 is 0 Å². The van der Waals surface area contributed by atoms with Crippen LogP contribution in [0.2, 0.25) is 0 Å². The van der Waals surface area contributed by atoms with Crippen LogP contribution in [0.5, 0.6) is 0 Å². The molecule has 18 nitrogen and oxygen atoms in total. The fourth-order valence-electron chi connectivity index (χ4n) is 10.3. The molecule has 302 valence electrons. The summed E-state index contributed by atoms with van der Waals surface area (Å²) in [5.74, 6) is -9.41. The summed E-state index contributed by atoms with van der Waals surface area (Å²) in [7, 11) is 1.03. The molecular weight excluding hydrogens is 720 g/mol. The van der Waals surface area contributed by atoms with Gasteiger partial charge in [0.25, 0.3) is 0 Å². The molecule has 0 radical (unpaired) electrons. The third-order valence-corrected chi connectivity index (χ3v) is 13.2. The predicted molar refractivity (Wildman–Crippen MR) is 175 cm³/mol. The van der Waals surface area contributed by atoms with Crippen LogP contribution in [0.25, 0.3) is 0 Å². The Kier molecular flexibility index (Phi) is 10.3. The highest BCUT2D eigenvalue weighted by atomic mass is 16.7. The molecular formula is C36H50O18. The number of allylic oxidation sites excluding steroid dienone is 2. The molecule has 17 atom stereocenters. The van der Waals surface area contributed by atoms with Gasteiger partial charge in [-0.25, -0.2) is 9.59 Å². The molecule has 0 aromatic heterocycles. The van der Waals surface area contributed by atoms with Crippen molar-refractivity contribution < 1.29 is 87.8 Å². The third-order valence-electron chi connectivity index (χ3n) is 13.2. The summed E-state index contributed by atoms with van der Waals surface area (Å²) in [6.45, 7) is 8.23. The molecule has 0 aromatic carbocycles. The SMILES string of the molecule is COC(=O)[C@@]12OC[C@]34[C@H]([C@@H](O)[C@@H]1O)[C@@]1(C)C=C(O[C@@H]5O[C@H](CO)[C@@H](O)[C@H](O)[C@H]5O)C(=O)[C@@H](C)[C@@H]1C[C@H]3OC(=O)[C@H](OC(=O)C[C@@H](C)C(C)(C)OC(C)=O)[C@@H]24. The van der Waals surface area contributed by atoms with E-state index in [-0.39, 0.29) is 25.2 Å². The largest absolute Gasteiger partial charge is 0.467 e. The summed E-state index contributed by atoms with van der Waals surface area (Å²) in [5.41, 5.74) is -6.39. The Balaban J connectivity index is 1.42. The predicted octanol–water partition coefficient (Wildman–Crippen LogP) is -1.97. The summed E-state index contributed by atoms with van der Waals surface area (Å²) in [6, 6.07) is 0. The number of rotatable bonds is 9. The summed E-state index contributed by atoms with van der Waals surface area (Å²) in [5, 5.41) is 65.1. The maximum atomic E-state index is 13.9. The Morgan fingerprint density at radius 1 is 1.04 bits per heavy atom. The first kappa shape index (κ1) is 40.4. The number of aliphatic hydroxyl groups is 6. The number of hydrogen-bond donors (Lipinski definition) is 6. The molecule has 6 rings (SSSR count). The smallest absolute Gasteiger partial charge is 0.348 e. The standard InChI is InChI=1S/C36H50O18/c1-13(33(4,5)54-15(3)38)8-20(39)53-26-28-35-12-49-36(28,32(47)48-7)29(45)25(44)27(35)34(6)10-17(21(40)14(2)16(34)9-19(35)52-30(26)46)50-31-24(43)23(42)22(41)18(11-37)51-31/h10,13-14,16,18-19,22-29,31,37,41-45H,8-9,11-12H2,1-7H3/t13-,14+,16+,18-,19-,22-,23+,24-,25-,26-,27-,28-,29+,31-,34+,35-,36+/m1/s1. The molecule has 3 aliphatic heterocycles. The van der Waals surface area contributed by atoms with Gasteiger partial charge in [-0.3, -0.25) is 14.4 Å². The van der Waals surface area contributed by atoms with Crippen molar-refractivity contribution in [1.29, 1.82) is 0 Å². The first-order valence-corrected chi connectivity index (χ1v) is 18.1. The van der Waals surface area contributed by atoms with E-state index in [9.17, 15) is 54.6 Å². The average molecular weight is 771 g/mol. The normalized spacial score (nSPS) is 45.9. The van der Waals surface area contributed by atoms with Crippen LogP contribution in [0.4, 0.5) is 0 Å². The van der Waals surface area contributed by atoms with Crippen LogP contribution >= 0.6 is 0 Å². The van der Waals surface area contributed by atoms with Crippen LogP contribution in [-0.4, -0.2) is 147 Å². The molecule has 6 N–H and O–H groups in total. The number of methoxy groups -OCH3 is 1. The summed E-state index contributed by atoms with van der Waals surface area (Å²) < 4.78 is 39.9. The van der Waals surface area contributed by atoms with Gasteiger partial charge in [0.2, 0.25) is 18.0 Å². The van der Waals surface area contributed by atoms with Crippen molar-refractivity contribution in [2.75, 3.05) is 20.3 Å². The van der Waals surface area contributed by atoms with Gasteiger partial charge in [-0.1, -0.05) is 20.8 Å². The molecule has 2 saturated carbocycles. The second kappa shape index (κ2) is 13.8. The van der Waals surface area contributed by atoms with Gasteiger partial charge >= 0.3 is 23.9 Å². The van der Waals surface area contributed by atoms with Gasteiger partial charge < -0.3 is 63.8 Å². The van der Waals surface area contributed by atoms with E-state index in [0.717, 1.165) is 7.11 Å². The Morgan fingerprint density at radius 2 is 1.70 bits per heavy atom. The molecule has 3 saturated heterocycles. The fourth-order valence-corrected chi connectivity index (χ4v) is 10.3. The van der Waals surface area contributed by atoms with Gasteiger partial charge in [0, 0.05) is 30.1 Å². The lowest BCUT2D eigenvalue weighted by Crippen LogP contribution is -2.79. The lowest BCUT2D eigenvalue weighted by atomic mass is 9.38. The Labute approximate surface area is 310 Å². The first-order chi connectivity index (χ1) is 25.1. The molecule has 1 spiro atoms. The Bertz CT molecular complexity index is 1590. The van der Waals surface area contributed by atoms with E-state index in [1.165, 1.54) is 13.0 Å². The van der Waals surface area contributed by atoms with E-state index in [1.54, 1.807) is 34.6 Å². The number of fused-ring (bicyclic) bond motifs is 2. The number of Topliss-reactive ketones (excluding diaryl/α,β-unsaturated/α-hetero) is 1. The molecule has 3 aliphatic carbocycles. The maximum absolute atomic E-state index is 13.9. The number of esters is 4. The van der Waals surface area contributed by atoms with E-state index in [0.29, 0.717) is 0 Å². The van der Waals surface area contributed by atoms with Crippen LogP contribution in [0, 0.1) is 40.4 Å². The zero-order valence-corrected chi connectivity index (χ0v) is 31.1. The molecule has 0 amide bonds. The van der Waals surface area contributed by atoms with Crippen LogP contribution in [-0.2, 0) is 57.1 Å². The lowest BCUT2D eigenvalue weighted by molar-refractivity contribution is -0.296. The van der Waals surface area contributed by atoms with E-state index in [1.807, 2.05) is 0 Å². The second-order valence-electron chi connectivity index (χ2n) is 16.4. The van der Waals surface area contributed by atoms with Crippen molar-refractivity contribution in [3.63, 3.8) is 0 Å². The van der Waals surface area contributed by atoms with Crippen molar-refractivity contribution in [2.45, 2.75) is 121 Å². The topological polar surface area (TPSA) is 271 Å². The summed E-state index contributed by atoms with van der Waals surface area (Å²) in [4.78, 5) is 66.9. The third kappa shape index (κ3) is 5.70. The quantitative estimate of drug-likeness (QED) is 0.110. The first-order valence-electron chi connectivity index (χ1n) is 18.1. The number of carbonyl (C=O) groups is 5. The maximum Gasteiger partial charge on any atom is 0.348 e. The van der Waals surface area contributed by atoms with Crippen molar-refractivity contribution in [3.05, 3.63) is 11.8 Å². The fraction of sp³-hybridized carbons (Fsp3) is 0.806. The molecule has 0 aromatic rings. The molecule has 18 heteroatoms. The molecule has 6 aliphatic rings. The van der Waals surface area contributed by atoms with Crippen molar-refractivity contribution in [2.24, 2.45) is 40.4 Å². The molecule has 3 heterocycles. The second-order valence-corrected chi connectivity index (χ2v) is 16.4. The minimum Gasteiger partial charge on any atom is -0.467 e. The van der Waals surface area contributed by atoms with Crippen LogP contribution in [0.3, 0.4) is 0 Å². The monoisotopic (exact) mass is 770 g/mol. The Hall–Kier alpha value is -3.23. The van der Waals surface area contributed by atoms with E-state index < -0.39 is 143 Å². The van der Waals surface area contributed by atoms with Gasteiger partial charge in [-0.2, -0.15) is 0 Å². The number of hydrogen-bond acceptors (Lipinski definition) is 18. The van der Waals surface area contributed by atoms with E-state index in [4.69, 9.17) is 33.2 Å². The van der Waals surface area contributed by atoms with Crippen LogP contribution < -0.4 is 0 Å². The van der Waals surface area contributed by atoms with Gasteiger partial charge in [-0.15, -0.1) is 0 Å². The number of aliphatic hydroxyl groups excluding tert-OH is 6. The number of ketones is 1. The van der Waals surface area contributed by atoms with Gasteiger partial charge in [0.15, 0.2) is 11.5 Å². The minimum atomic E-state index is -2.41. The highest BCUT2D eigenvalue weighted by Gasteiger charge is 2.85. The van der Waals surface area contributed by atoms with Crippen LogP contribution in [0.1, 0.15) is 54.4 Å². The molecule has 2 bridgehead atoms. The highest BCUT2D eigenvalue weighted by molar-refractivity contribution is 5.97.